The third kappa shape index (κ3) is 3.79. The van der Waals surface area contributed by atoms with Crippen molar-refractivity contribution in [2.45, 2.75) is 26.8 Å². The number of hydrogen-bond donors (Lipinski definition) is 1. The maximum atomic E-state index is 5.38. The van der Waals surface area contributed by atoms with Gasteiger partial charge < -0.3 is 14.6 Å². The Labute approximate surface area is 113 Å². The molecule has 2 rings (SSSR count). The van der Waals surface area contributed by atoms with Gasteiger partial charge in [0.2, 0.25) is 11.7 Å². The first-order valence-corrected chi connectivity index (χ1v) is 6.44. The number of nitrogens with one attached hydrogen (secondary N) is 1. The van der Waals surface area contributed by atoms with Crippen LogP contribution in [0.4, 0.5) is 5.69 Å². The van der Waals surface area contributed by atoms with E-state index in [4.69, 9.17) is 9.26 Å². The van der Waals surface area contributed by atoms with Gasteiger partial charge in [-0.15, -0.1) is 0 Å². The molecule has 1 N–H and O–H groups in total. The average Bonchev–Trinajstić information content (AvgIpc) is 2.83. The molecule has 0 bridgehead atoms. The smallest absolute Gasteiger partial charge is 0.223 e. The van der Waals surface area contributed by atoms with Gasteiger partial charge in [0.15, 0.2) is 0 Å². The summed E-state index contributed by atoms with van der Waals surface area (Å²) in [7, 11) is 0. The van der Waals surface area contributed by atoms with Crippen molar-refractivity contribution in [3.05, 3.63) is 30.2 Å². The molecule has 1 aromatic carbocycles. The van der Waals surface area contributed by atoms with Gasteiger partial charge in [-0.1, -0.05) is 17.3 Å². The predicted octanol–water partition coefficient (Wildman–Crippen LogP) is 2.88. The lowest BCUT2D eigenvalue weighted by Crippen LogP contribution is -2.21. The molecule has 0 fully saturated rings. The lowest BCUT2D eigenvalue weighted by atomic mass is 10.2. The standard InChI is InChI=1S/C14H19N3O2/c1-4-18-9-10(2)15-13-7-5-6-12(8-13)14-16-11(3)19-17-14/h5-8,10,15H,4,9H2,1-3H3/t10-/m0/s1. The first-order chi connectivity index (χ1) is 9.19. The third-order valence-electron chi connectivity index (χ3n) is 2.63. The zero-order valence-corrected chi connectivity index (χ0v) is 11.5. The van der Waals surface area contributed by atoms with Gasteiger partial charge in [-0.25, -0.2) is 0 Å². The minimum absolute atomic E-state index is 0.252. The molecule has 0 spiro atoms. The first kappa shape index (κ1) is 13.5. The molecule has 0 unspecified atom stereocenters. The summed E-state index contributed by atoms with van der Waals surface area (Å²) >= 11 is 0. The van der Waals surface area contributed by atoms with E-state index in [1.165, 1.54) is 0 Å². The SMILES string of the molecule is CCOC[C@H](C)Nc1cccc(-c2noc(C)n2)c1. The molecule has 1 atom stereocenters. The van der Waals surface area contributed by atoms with E-state index in [-0.39, 0.29) is 6.04 Å². The Hall–Kier alpha value is -1.88. The van der Waals surface area contributed by atoms with Crippen LogP contribution in [0.3, 0.4) is 0 Å². The van der Waals surface area contributed by atoms with Crippen LogP contribution in [0.25, 0.3) is 11.4 Å². The Balaban J connectivity index is 2.07. The van der Waals surface area contributed by atoms with Crippen molar-refractivity contribution in [2.75, 3.05) is 18.5 Å². The highest BCUT2D eigenvalue weighted by Gasteiger charge is 2.07. The lowest BCUT2D eigenvalue weighted by molar-refractivity contribution is 0.141. The molecule has 102 valence electrons. The summed E-state index contributed by atoms with van der Waals surface area (Å²) in [5.41, 5.74) is 1.96. The van der Waals surface area contributed by atoms with Gasteiger partial charge in [-0.3, -0.25) is 0 Å². The van der Waals surface area contributed by atoms with Crippen LogP contribution in [0.15, 0.2) is 28.8 Å². The number of nitrogens with zero attached hydrogens (tertiary/aromatic N) is 2. The number of ether oxygens (including phenoxy) is 1. The van der Waals surface area contributed by atoms with Gasteiger partial charge in [0.25, 0.3) is 0 Å². The Morgan fingerprint density at radius 1 is 1.42 bits per heavy atom. The molecule has 5 nitrogen and oxygen atoms in total. The molecular weight excluding hydrogens is 242 g/mol. The average molecular weight is 261 g/mol. The van der Waals surface area contributed by atoms with Crippen molar-refractivity contribution in [3.8, 4) is 11.4 Å². The monoisotopic (exact) mass is 261 g/mol. The molecule has 0 amide bonds. The number of anilines is 1. The number of aryl methyl sites for hydroxylation is 1. The molecular formula is C14H19N3O2. The molecule has 5 heteroatoms. The fourth-order valence-corrected chi connectivity index (χ4v) is 1.79. The van der Waals surface area contributed by atoms with E-state index in [1.54, 1.807) is 6.92 Å². The predicted molar refractivity (Wildman–Crippen MR) is 74.0 cm³/mol. The van der Waals surface area contributed by atoms with Crippen LogP contribution < -0.4 is 5.32 Å². The van der Waals surface area contributed by atoms with Crippen molar-refractivity contribution >= 4 is 5.69 Å². The molecule has 0 aliphatic rings. The molecule has 0 aliphatic heterocycles. The summed E-state index contributed by atoms with van der Waals surface area (Å²) in [6, 6.07) is 8.20. The lowest BCUT2D eigenvalue weighted by Gasteiger charge is -2.15. The summed E-state index contributed by atoms with van der Waals surface area (Å²) in [5.74, 6) is 1.18. The van der Waals surface area contributed by atoms with Crippen LogP contribution in [-0.4, -0.2) is 29.4 Å². The maximum absolute atomic E-state index is 5.38. The quantitative estimate of drug-likeness (QED) is 0.866. The number of hydrogen-bond acceptors (Lipinski definition) is 5. The highest BCUT2D eigenvalue weighted by Crippen LogP contribution is 2.20. The molecule has 1 aromatic heterocycles. The normalized spacial score (nSPS) is 12.4. The fraction of sp³-hybridized carbons (Fsp3) is 0.429. The maximum Gasteiger partial charge on any atom is 0.223 e. The zero-order valence-electron chi connectivity index (χ0n) is 11.5. The molecule has 0 radical (unpaired) electrons. The topological polar surface area (TPSA) is 60.2 Å². The molecule has 0 aliphatic carbocycles. The van der Waals surface area contributed by atoms with Crippen LogP contribution in [-0.2, 0) is 4.74 Å². The van der Waals surface area contributed by atoms with Gasteiger partial charge in [0.05, 0.1) is 6.61 Å². The number of benzene rings is 1. The van der Waals surface area contributed by atoms with Crippen molar-refractivity contribution in [1.82, 2.24) is 10.1 Å². The van der Waals surface area contributed by atoms with Gasteiger partial charge in [-0.05, 0) is 26.0 Å². The highest BCUT2D eigenvalue weighted by molar-refractivity contribution is 5.62. The zero-order chi connectivity index (χ0) is 13.7. The van der Waals surface area contributed by atoms with Crippen LogP contribution in [0.5, 0.6) is 0 Å². The van der Waals surface area contributed by atoms with E-state index in [0.29, 0.717) is 18.3 Å². The van der Waals surface area contributed by atoms with Gasteiger partial charge in [0, 0.05) is 30.8 Å². The van der Waals surface area contributed by atoms with Gasteiger partial charge in [0.1, 0.15) is 0 Å². The Morgan fingerprint density at radius 3 is 2.95 bits per heavy atom. The van der Waals surface area contributed by atoms with Crippen LogP contribution in [0.2, 0.25) is 0 Å². The van der Waals surface area contributed by atoms with Crippen molar-refractivity contribution in [1.29, 1.82) is 0 Å². The minimum Gasteiger partial charge on any atom is -0.380 e. The number of aromatic nitrogens is 2. The summed E-state index contributed by atoms with van der Waals surface area (Å²) in [5, 5.41) is 7.30. The van der Waals surface area contributed by atoms with Crippen LogP contribution in [0.1, 0.15) is 19.7 Å². The van der Waals surface area contributed by atoms with E-state index < -0.39 is 0 Å². The van der Waals surface area contributed by atoms with Crippen molar-refractivity contribution in [2.24, 2.45) is 0 Å². The second kappa shape index (κ2) is 6.33. The molecule has 0 saturated carbocycles. The van der Waals surface area contributed by atoms with Gasteiger partial charge in [-0.2, -0.15) is 4.98 Å². The third-order valence-corrected chi connectivity index (χ3v) is 2.63. The molecule has 2 aromatic rings. The highest BCUT2D eigenvalue weighted by atomic mass is 16.5. The van der Waals surface area contributed by atoms with Crippen molar-refractivity contribution < 1.29 is 9.26 Å². The summed E-state index contributed by atoms with van der Waals surface area (Å²) in [6.45, 7) is 7.27. The summed E-state index contributed by atoms with van der Waals surface area (Å²) in [6.07, 6.45) is 0. The van der Waals surface area contributed by atoms with Crippen LogP contribution in [0, 0.1) is 6.92 Å². The Bertz CT molecular complexity index is 525. The minimum atomic E-state index is 0.252. The van der Waals surface area contributed by atoms with Gasteiger partial charge >= 0.3 is 0 Å². The molecule has 0 saturated heterocycles. The first-order valence-electron chi connectivity index (χ1n) is 6.44. The Kier molecular flexibility index (Phi) is 4.52. The van der Waals surface area contributed by atoms with E-state index >= 15 is 0 Å². The largest absolute Gasteiger partial charge is 0.380 e. The Morgan fingerprint density at radius 2 is 2.26 bits per heavy atom. The number of rotatable bonds is 6. The van der Waals surface area contributed by atoms with E-state index in [9.17, 15) is 0 Å². The van der Waals surface area contributed by atoms with E-state index in [2.05, 4.69) is 22.4 Å². The fourth-order valence-electron chi connectivity index (χ4n) is 1.79. The van der Waals surface area contributed by atoms with E-state index in [0.717, 1.165) is 17.9 Å². The molecule has 1 heterocycles. The van der Waals surface area contributed by atoms with Crippen molar-refractivity contribution in [3.63, 3.8) is 0 Å². The second-order valence-electron chi connectivity index (χ2n) is 4.42. The second-order valence-corrected chi connectivity index (χ2v) is 4.42. The summed E-state index contributed by atoms with van der Waals surface area (Å²) in [4.78, 5) is 4.22. The van der Waals surface area contributed by atoms with E-state index in [1.807, 2.05) is 31.2 Å². The summed E-state index contributed by atoms with van der Waals surface area (Å²) < 4.78 is 10.4. The molecule has 19 heavy (non-hydrogen) atoms. The van der Waals surface area contributed by atoms with Crippen LogP contribution >= 0.6 is 0 Å².